The fraction of sp³-hybridized carbons (Fsp3) is 0.625. The van der Waals surface area contributed by atoms with E-state index < -0.39 is 6.10 Å². The second-order valence-electron chi connectivity index (χ2n) is 5.57. The topological polar surface area (TPSA) is 38.7 Å². The lowest BCUT2D eigenvalue weighted by atomic mass is 9.88. The number of hydrogen-bond acceptors (Lipinski definition) is 3. The van der Waals surface area contributed by atoms with Gasteiger partial charge in [-0.2, -0.15) is 0 Å². The Kier molecular flexibility index (Phi) is 3.50. The van der Waals surface area contributed by atoms with Crippen molar-refractivity contribution in [3.05, 3.63) is 29.3 Å². The third-order valence-corrected chi connectivity index (χ3v) is 4.41. The molecule has 1 aromatic rings. The summed E-state index contributed by atoms with van der Waals surface area (Å²) in [4.78, 5) is 0. The lowest BCUT2D eigenvalue weighted by Gasteiger charge is -2.34. The molecule has 3 rings (SSSR count). The summed E-state index contributed by atoms with van der Waals surface area (Å²) in [6.07, 6.45) is 4.61. The van der Waals surface area contributed by atoms with Gasteiger partial charge in [-0.1, -0.05) is 18.9 Å². The van der Waals surface area contributed by atoms with Gasteiger partial charge >= 0.3 is 0 Å². The average molecular weight is 262 g/mol. The van der Waals surface area contributed by atoms with Crippen LogP contribution in [0.2, 0.25) is 0 Å². The van der Waals surface area contributed by atoms with Crippen molar-refractivity contribution in [1.29, 1.82) is 0 Å². The van der Waals surface area contributed by atoms with E-state index >= 15 is 0 Å². The Balaban J connectivity index is 1.87. The summed E-state index contributed by atoms with van der Waals surface area (Å²) < 4.78 is 11.5. The molecule has 1 fully saturated rings. The van der Waals surface area contributed by atoms with Crippen LogP contribution in [-0.2, 0) is 11.2 Å². The van der Waals surface area contributed by atoms with E-state index in [0.717, 1.165) is 50.0 Å². The summed E-state index contributed by atoms with van der Waals surface area (Å²) in [5.41, 5.74) is 1.81. The molecule has 1 N–H and O–H groups in total. The van der Waals surface area contributed by atoms with Crippen LogP contribution in [0.5, 0.6) is 5.75 Å². The Morgan fingerprint density at radius 1 is 1.37 bits per heavy atom. The van der Waals surface area contributed by atoms with E-state index in [2.05, 4.69) is 6.07 Å². The molecule has 0 radical (unpaired) electrons. The predicted molar refractivity (Wildman–Crippen MR) is 73.4 cm³/mol. The fourth-order valence-electron chi connectivity index (χ4n) is 3.44. The molecule has 0 amide bonds. The van der Waals surface area contributed by atoms with E-state index in [1.54, 1.807) is 0 Å². The van der Waals surface area contributed by atoms with Crippen LogP contribution < -0.4 is 4.74 Å². The fourth-order valence-corrected chi connectivity index (χ4v) is 3.44. The van der Waals surface area contributed by atoms with Crippen LogP contribution in [0.4, 0.5) is 0 Å². The third-order valence-electron chi connectivity index (χ3n) is 4.41. The Morgan fingerprint density at radius 3 is 2.89 bits per heavy atom. The number of fused-ring (bicyclic) bond motifs is 1. The Hall–Kier alpha value is -1.06. The Bertz CT molecular complexity index is 449. The van der Waals surface area contributed by atoms with E-state index in [1.165, 1.54) is 5.56 Å². The summed E-state index contributed by atoms with van der Waals surface area (Å²) in [5, 5.41) is 10.8. The summed E-state index contributed by atoms with van der Waals surface area (Å²) in [5.74, 6) is 0.966. The van der Waals surface area contributed by atoms with E-state index in [1.807, 2.05) is 19.1 Å². The second kappa shape index (κ2) is 5.14. The molecule has 1 aliphatic carbocycles. The van der Waals surface area contributed by atoms with Crippen LogP contribution in [-0.4, -0.2) is 23.9 Å². The van der Waals surface area contributed by atoms with Crippen molar-refractivity contribution < 1.29 is 14.6 Å². The van der Waals surface area contributed by atoms with Crippen molar-refractivity contribution in [2.45, 2.75) is 50.7 Å². The molecular weight excluding hydrogens is 240 g/mol. The van der Waals surface area contributed by atoms with Gasteiger partial charge in [0.1, 0.15) is 11.9 Å². The number of rotatable bonds is 4. The number of aliphatic hydroxyl groups excluding tert-OH is 1. The summed E-state index contributed by atoms with van der Waals surface area (Å²) in [6.45, 7) is 3.42. The van der Waals surface area contributed by atoms with Gasteiger partial charge in [-0.05, 0) is 43.0 Å². The maximum absolute atomic E-state index is 10.8. The van der Waals surface area contributed by atoms with Crippen molar-refractivity contribution in [2.24, 2.45) is 0 Å². The van der Waals surface area contributed by atoms with E-state index in [0.29, 0.717) is 6.61 Å². The highest BCUT2D eigenvalue weighted by molar-refractivity contribution is 5.41. The summed E-state index contributed by atoms with van der Waals surface area (Å²) in [6, 6.07) is 6.05. The quantitative estimate of drug-likeness (QED) is 0.906. The SMILES string of the molecule is CCOC1(C(O)c2ccc3c(c2)CCO3)CCCC1. The minimum Gasteiger partial charge on any atom is -0.493 e. The predicted octanol–water partition coefficient (Wildman–Crippen LogP) is 3.00. The third kappa shape index (κ3) is 2.26. The highest BCUT2D eigenvalue weighted by Crippen LogP contribution is 2.43. The number of aliphatic hydroxyl groups is 1. The molecule has 1 atom stereocenters. The van der Waals surface area contributed by atoms with Gasteiger partial charge in [-0.3, -0.25) is 0 Å². The Labute approximate surface area is 114 Å². The van der Waals surface area contributed by atoms with Crippen LogP contribution in [0.15, 0.2) is 18.2 Å². The molecule has 104 valence electrons. The van der Waals surface area contributed by atoms with Crippen LogP contribution in [0.3, 0.4) is 0 Å². The first-order valence-electron chi connectivity index (χ1n) is 7.33. The highest BCUT2D eigenvalue weighted by atomic mass is 16.5. The van der Waals surface area contributed by atoms with Crippen LogP contribution >= 0.6 is 0 Å². The van der Waals surface area contributed by atoms with E-state index in [9.17, 15) is 5.11 Å². The van der Waals surface area contributed by atoms with Gasteiger partial charge in [0, 0.05) is 13.0 Å². The zero-order valence-corrected chi connectivity index (χ0v) is 11.5. The smallest absolute Gasteiger partial charge is 0.122 e. The molecular formula is C16H22O3. The first kappa shape index (κ1) is 12.9. The van der Waals surface area contributed by atoms with E-state index in [4.69, 9.17) is 9.47 Å². The molecule has 0 spiro atoms. The van der Waals surface area contributed by atoms with Crippen molar-refractivity contribution in [1.82, 2.24) is 0 Å². The van der Waals surface area contributed by atoms with Crippen molar-refractivity contribution >= 4 is 0 Å². The maximum atomic E-state index is 10.8. The van der Waals surface area contributed by atoms with Gasteiger partial charge in [0.25, 0.3) is 0 Å². The minimum absolute atomic E-state index is 0.373. The summed E-state index contributed by atoms with van der Waals surface area (Å²) >= 11 is 0. The average Bonchev–Trinajstić information content (AvgIpc) is 3.06. The molecule has 1 heterocycles. The molecule has 3 heteroatoms. The molecule has 19 heavy (non-hydrogen) atoms. The van der Waals surface area contributed by atoms with Crippen molar-refractivity contribution in [2.75, 3.05) is 13.2 Å². The molecule has 3 nitrogen and oxygen atoms in total. The normalized spacial score (nSPS) is 22.0. The molecule has 1 saturated carbocycles. The lowest BCUT2D eigenvalue weighted by Crippen LogP contribution is -2.36. The Morgan fingerprint density at radius 2 is 2.16 bits per heavy atom. The molecule has 1 unspecified atom stereocenters. The van der Waals surface area contributed by atoms with Crippen molar-refractivity contribution in [3.8, 4) is 5.75 Å². The first-order chi connectivity index (χ1) is 9.25. The first-order valence-corrected chi connectivity index (χ1v) is 7.33. The molecule has 1 aromatic carbocycles. The van der Waals surface area contributed by atoms with Gasteiger partial charge in [-0.25, -0.2) is 0 Å². The van der Waals surface area contributed by atoms with Crippen LogP contribution in [0.1, 0.15) is 49.8 Å². The largest absolute Gasteiger partial charge is 0.493 e. The molecule has 1 aliphatic heterocycles. The lowest BCUT2D eigenvalue weighted by molar-refractivity contribution is -0.118. The molecule has 2 aliphatic rings. The summed E-state index contributed by atoms with van der Waals surface area (Å²) in [7, 11) is 0. The van der Waals surface area contributed by atoms with Crippen LogP contribution in [0.25, 0.3) is 0 Å². The van der Waals surface area contributed by atoms with Gasteiger partial charge in [0.2, 0.25) is 0 Å². The maximum Gasteiger partial charge on any atom is 0.122 e. The van der Waals surface area contributed by atoms with E-state index in [-0.39, 0.29) is 5.60 Å². The zero-order chi connectivity index (χ0) is 13.3. The molecule has 0 aromatic heterocycles. The van der Waals surface area contributed by atoms with Crippen molar-refractivity contribution in [3.63, 3.8) is 0 Å². The molecule has 0 saturated heterocycles. The number of hydrogen-bond donors (Lipinski definition) is 1. The number of benzene rings is 1. The van der Waals surface area contributed by atoms with Crippen LogP contribution in [0, 0.1) is 0 Å². The minimum atomic E-state index is -0.527. The van der Waals surface area contributed by atoms with Gasteiger partial charge in [0.05, 0.1) is 12.2 Å². The molecule has 0 bridgehead atoms. The standard InChI is InChI=1S/C16H22O3/c1-2-19-16(8-3-4-9-16)15(17)13-5-6-14-12(11-13)7-10-18-14/h5-6,11,15,17H,2-4,7-10H2,1H3. The van der Waals surface area contributed by atoms with Gasteiger partial charge < -0.3 is 14.6 Å². The van der Waals surface area contributed by atoms with Gasteiger partial charge in [-0.15, -0.1) is 0 Å². The second-order valence-corrected chi connectivity index (χ2v) is 5.57. The highest BCUT2D eigenvalue weighted by Gasteiger charge is 2.42. The number of ether oxygens (including phenoxy) is 2. The zero-order valence-electron chi connectivity index (χ0n) is 11.5. The monoisotopic (exact) mass is 262 g/mol. The van der Waals surface area contributed by atoms with Gasteiger partial charge in [0.15, 0.2) is 0 Å².